The fourth-order valence-electron chi connectivity index (χ4n) is 4.10. The number of nitrogen functional groups attached to an aromatic ring is 1. The van der Waals surface area contributed by atoms with Gasteiger partial charge in [0.25, 0.3) is 0 Å². The average Bonchev–Trinajstić information content (AvgIpc) is 3.23. The molecule has 1 aromatic carbocycles. The van der Waals surface area contributed by atoms with Gasteiger partial charge in [-0.15, -0.1) is 0 Å². The van der Waals surface area contributed by atoms with Crippen molar-refractivity contribution >= 4 is 11.5 Å². The number of hydrogen-bond acceptors (Lipinski definition) is 4. The lowest BCUT2D eigenvalue weighted by Crippen LogP contribution is -2.19. The number of nitrogens with zero attached hydrogens (tertiary/aromatic N) is 2. The predicted molar refractivity (Wildman–Crippen MR) is 103 cm³/mol. The number of ether oxygens (including phenoxy) is 1. The van der Waals surface area contributed by atoms with Gasteiger partial charge < -0.3 is 15.8 Å². The first kappa shape index (κ1) is 17.0. The number of rotatable bonds is 3. The molecule has 5 heteroatoms. The standard InChI is InChI=1S/C21H24N4O/c1-23-20-12-16(13-25-21(20)22)15-4-5-17(14-6-9-26-10-7-14)18(11-15)19-3-2-8-24-19/h4-5,11-14,19,24H,2-3,6-10H2,(H2,22,25)/t19-/m0/s1. The minimum absolute atomic E-state index is 0.292. The number of nitrogens with two attached hydrogens (primary N) is 1. The second-order valence-corrected chi connectivity index (χ2v) is 7.12. The maximum atomic E-state index is 7.27. The third-order valence-electron chi connectivity index (χ3n) is 5.53. The van der Waals surface area contributed by atoms with Gasteiger partial charge in [0.2, 0.25) is 5.69 Å². The van der Waals surface area contributed by atoms with Crippen LogP contribution in [0.15, 0.2) is 30.5 Å². The van der Waals surface area contributed by atoms with Crippen LogP contribution in [0, 0.1) is 6.57 Å². The number of pyridine rings is 1. The van der Waals surface area contributed by atoms with E-state index in [1.54, 1.807) is 6.20 Å². The van der Waals surface area contributed by atoms with Crippen molar-refractivity contribution in [2.45, 2.75) is 37.6 Å². The van der Waals surface area contributed by atoms with Crippen LogP contribution in [0.4, 0.5) is 11.5 Å². The topological polar surface area (TPSA) is 64.5 Å². The molecule has 5 nitrogen and oxygen atoms in total. The molecule has 2 aliphatic heterocycles. The van der Waals surface area contributed by atoms with Gasteiger partial charge in [-0.25, -0.2) is 4.85 Å². The Morgan fingerprint density at radius 1 is 1.12 bits per heavy atom. The molecular formula is C21H24N4O. The molecule has 2 aromatic rings. The molecule has 3 heterocycles. The molecule has 1 aromatic heterocycles. The zero-order valence-electron chi connectivity index (χ0n) is 14.9. The van der Waals surface area contributed by atoms with E-state index in [-0.39, 0.29) is 0 Å². The minimum Gasteiger partial charge on any atom is -0.392 e. The van der Waals surface area contributed by atoms with Crippen LogP contribution in [0.2, 0.25) is 0 Å². The molecule has 4 rings (SSSR count). The van der Waals surface area contributed by atoms with Crippen molar-refractivity contribution in [3.8, 4) is 11.1 Å². The lowest BCUT2D eigenvalue weighted by atomic mass is 9.84. The van der Waals surface area contributed by atoms with E-state index in [1.807, 2.05) is 6.07 Å². The highest BCUT2D eigenvalue weighted by atomic mass is 16.5. The molecule has 0 saturated carbocycles. The fourth-order valence-corrected chi connectivity index (χ4v) is 4.10. The van der Waals surface area contributed by atoms with Gasteiger partial charge in [-0.1, -0.05) is 12.1 Å². The average molecular weight is 348 g/mol. The predicted octanol–water partition coefficient (Wildman–Crippen LogP) is 4.20. The van der Waals surface area contributed by atoms with Gasteiger partial charge >= 0.3 is 0 Å². The Morgan fingerprint density at radius 2 is 1.96 bits per heavy atom. The van der Waals surface area contributed by atoms with Crippen LogP contribution < -0.4 is 11.1 Å². The van der Waals surface area contributed by atoms with Crippen LogP contribution in [-0.2, 0) is 4.74 Å². The summed E-state index contributed by atoms with van der Waals surface area (Å²) in [6.45, 7) is 10.0. The van der Waals surface area contributed by atoms with Gasteiger partial charge in [0, 0.05) is 25.5 Å². The Morgan fingerprint density at radius 3 is 2.69 bits per heavy atom. The summed E-state index contributed by atoms with van der Waals surface area (Å²) in [5, 5.41) is 3.65. The Balaban J connectivity index is 1.75. The second kappa shape index (κ2) is 7.45. The van der Waals surface area contributed by atoms with Gasteiger partial charge in [0.15, 0.2) is 0 Å². The zero-order valence-corrected chi connectivity index (χ0v) is 14.9. The van der Waals surface area contributed by atoms with E-state index >= 15 is 0 Å². The first-order valence-electron chi connectivity index (χ1n) is 9.34. The molecular weight excluding hydrogens is 324 g/mol. The molecule has 3 N–H and O–H groups in total. The minimum atomic E-state index is 0.292. The van der Waals surface area contributed by atoms with E-state index in [4.69, 9.17) is 17.0 Å². The largest absolute Gasteiger partial charge is 0.392 e. The third-order valence-corrected chi connectivity index (χ3v) is 5.53. The highest BCUT2D eigenvalue weighted by molar-refractivity contribution is 5.74. The van der Waals surface area contributed by atoms with Crippen molar-refractivity contribution < 1.29 is 4.74 Å². The molecule has 2 saturated heterocycles. The first-order chi connectivity index (χ1) is 12.8. The molecule has 0 unspecified atom stereocenters. The zero-order chi connectivity index (χ0) is 17.9. The number of aromatic nitrogens is 1. The fraction of sp³-hybridized carbons (Fsp3) is 0.429. The van der Waals surface area contributed by atoms with Gasteiger partial charge in [-0.05, 0) is 72.5 Å². The van der Waals surface area contributed by atoms with Gasteiger partial charge in [-0.2, -0.15) is 0 Å². The van der Waals surface area contributed by atoms with Crippen molar-refractivity contribution in [3.63, 3.8) is 0 Å². The molecule has 2 fully saturated rings. The monoisotopic (exact) mass is 348 g/mol. The summed E-state index contributed by atoms with van der Waals surface area (Å²) in [5.41, 5.74) is 11.1. The summed E-state index contributed by atoms with van der Waals surface area (Å²) in [6.07, 6.45) is 6.33. The molecule has 1 atom stereocenters. The molecule has 0 amide bonds. The smallest absolute Gasteiger partial charge is 0.228 e. The van der Waals surface area contributed by atoms with Crippen LogP contribution in [-0.4, -0.2) is 24.7 Å². The number of hydrogen-bond donors (Lipinski definition) is 2. The Labute approximate surface area is 154 Å². The Bertz CT molecular complexity index is 830. The molecule has 26 heavy (non-hydrogen) atoms. The molecule has 0 bridgehead atoms. The van der Waals surface area contributed by atoms with Gasteiger partial charge in [0.05, 0.1) is 6.57 Å². The van der Waals surface area contributed by atoms with Crippen molar-refractivity contribution in [3.05, 3.63) is 53.0 Å². The maximum Gasteiger partial charge on any atom is 0.228 e. The summed E-state index contributed by atoms with van der Waals surface area (Å²) < 4.78 is 5.55. The maximum absolute atomic E-state index is 7.27. The molecule has 0 aliphatic carbocycles. The summed E-state index contributed by atoms with van der Waals surface area (Å²) >= 11 is 0. The van der Waals surface area contributed by atoms with E-state index in [9.17, 15) is 0 Å². The van der Waals surface area contributed by atoms with E-state index in [1.165, 1.54) is 24.0 Å². The quantitative estimate of drug-likeness (QED) is 0.816. The Kier molecular flexibility index (Phi) is 4.87. The highest BCUT2D eigenvalue weighted by Gasteiger charge is 2.25. The van der Waals surface area contributed by atoms with E-state index in [0.29, 0.717) is 23.5 Å². The summed E-state index contributed by atoms with van der Waals surface area (Å²) in [6, 6.07) is 8.97. The summed E-state index contributed by atoms with van der Waals surface area (Å²) in [4.78, 5) is 7.68. The Hall–Kier alpha value is -2.42. The second-order valence-electron chi connectivity index (χ2n) is 7.12. The summed E-state index contributed by atoms with van der Waals surface area (Å²) in [7, 11) is 0. The van der Waals surface area contributed by atoms with Crippen molar-refractivity contribution in [2.24, 2.45) is 0 Å². The van der Waals surface area contributed by atoms with Crippen molar-refractivity contribution in [1.82, 2.24) is 10.3 Å². The van der Waals surface area contributed by atoms with Crippen LogP contribution >= 0.6 is 0 Å². The van der Waals surface area contributed by atoms with Crippen molar-refractivity contribution in [2.75, 3.05) is 25.5 Å². The highest BCUT2D eigenvalue weighted by Crippen LogP contribution is 2.38. The lowest BCUT2D eigenvalue weighted by molar-refractivity contribution is 0.0851. The molecule has 0 radical (unpaired) electrons. The van der Waals surface area contributed by atoms with Gasteiger partial charge in [-0.3, -0.25) is 4.98 Å². The molecule has 2 aliphatic rings. The number of benzene rings is 1. The van der Waals surface area contributed by atoms with Crippen LogP contribution in [0.5, 0.6) is 0 Å². The third kappa shape index (κ3) is 3.31. The van der Waals surface area contributed by atoms with E-state index < -0.39 is 0 Å². The summed E-state index contributed by atoms with van der Waals surface area (Å²) in [5.74, 6) is 0.860. The SMILES string of the molecule is [C-]#[N+]c1cc(-c2ccc(C3CCOCC3)c([C@@H]3CCCN3)c2)cnc1N. The van der Waals surface area contributed by atoms with Crippen LogP contribution in [0.25, 0.3) is 16.0 Å². The lowest BCUT2D eigenvalue weighted by Gasteiger charge is -2.27. The normalized spacial score (nSPS) is 20.8. The van der Waals surface area contributed by atoms with Gasteiger partial charge in [0.1, 0.15) is 5.82 Å². The van der Waals surface area contributed by atoms with E-state index in [2.05, 4.69) is 33.3 Å². The number of anilines is 1. The van der Waals surface area contributed by atoms with Crippen LogP contribution in [0.1, 0.15) is 48.8 Å². The van der Waals surface area contributed by atoms with Crippen molar-refractivity contribution in [1.29, 1.82) is 0 Å². The van der Waals surface area contributed by atoms with E-state index in [0.717, 1.165) is 43.7 Å². The molecule has 134 valence electrons. The molecule has 0 spiro atoms. The van der Waals surface area contributed by atoms with Crippen LogP contribution in [0.3, 0.4) is 0 Å². The first-order valence-corrected chi connectivity index (χ1v) is 9.34. The number of nitrogens with one attached hydrogen (secondary N) is 1.